The van der Waals surface area contributed by atoms with Crippen molar-refractivity contribution in [2.75, 3.05) is 0 Å². The fourth-order valence-corrected chi connectivity index (χ4v) is 3.04. The number of hydrogen-bond donors (Lipinski definition) is 1. The SMILES string of the molecule is CC(N)C1CC2CCCC2C1. The van der Waals surface area contributed by atoms with Gasteiger partial charge in [-0.2, -0.15) is 0 Å². The molecular formula is C10H19N. The van der Waals surface area contributed by atoms with E-state index in [0.717, 1.165) is 17.8 Å². The zero-order chi connectivity index (χ0) is 7.84. The number of rotatable bonds is 1. The van der Waals surface area contributed by atoms with Crippen LogP contribution in [0.5, 0.6) is 0 Å². The Kier molecular flexibility index (Phi) is 1.92. The van der Waals surface area contributed by atoms with Gasteiger partial charge in [-0.05, 0) is 37.5 Å². The van der Waals surface area contributed by atoms with Crippen molar-refractivity contribution in [2.24, 2.45) is 23.5 Å². The largest absolute Gasteiger partial charge is 0.328 e. The molecule has 0 aromatic heterocycles. The number of hydrogen-bond acceptors (Lipinski definition) is 1. The van der Waals surface area contributed by atoms with Gasteiger partial charge in [0, 0.05) is 6.04 Å². The first kappa shape index (κ1) is 7.60. The molecule has 3 unspecified atom stereocenters. The van der Waals surface area contributed by atoms with Gasteiger partial charge in [-0.3, -0.25) is 0 Å². The van der Waals surface area contributed by atoms with Gasteiger partial charge in [-0.25, -0.2) is 0 Å². The summed E-state index contributed by atoms with van der Waals surface area (Å²) >= 11 is 0. The van der Waals surface area contributed by atoms with Crippen LogP contribution in [0.3, 0.4) is 0 Å². The highest BCUT2D eigenvalue weighted by Gasteiger charge is 2.38. The molecule has 11 heavy (non-hydrogen) atoms. The van der Waals surface area contributed by atoms with Gasteiger partial charge in [0.15, 0.2) is 0 Å². The van der Waals surface area contributed by atoms with Crippen LogP contribution in [0.25, 0.3) is 0 Å². The first-order valence-electron chi connectivity index (χ1n) is 5.03. The predicted octanol–water partition coefficient (Wildman–Crippen LogP) is 2.16. The Morgan fingerprint density at radius 2 is 1.73 bits per heavy atom. The average molecular weight is 153 g/mol. The molecule has 2 N–H and O–H groups in total. The van der Waals surface area contributed by atoms with Crippen molar-refractivity contribution in [1.82, 2.24) is 0 Å². The summed E-state index contributed by atoms with van der Waals surface area (Å²) in [4.78, 5) is 0. The van der Waals surface area contributed by atoms with Crippen LogP contribution >= 0.6 is 0 Å². The molecule has 3 atom stereocenters. The Morgan fingerprint density at radius 1 is 1.18 bits per heavy atom. The Morgan fingerprint density at radius 3 is 2.18 bits per heavy atom. The minimum atomic E-state index is 0.445. The van der Waals surface area contributed by atoms with Crippen molar-refractivity contribution in [3.05, 3.63) is 0 Å². The Balaban J connectivity index is 1.94. The van der Waals surface area contributed by atoms with Gasteiger partial charge in [0.25, 0.3) is 0 Å². The lowest BCUT2D eigenvalue weighted by atomic mass is 9.97. The van der Waals surface area contributed by atoms with Crippen LogP contribution in [-0.4, -0.2) is 6.04 Å². The molecule has 2 fully saturated rings. The van der Waals surface area contributed by atoms with Crippen LogP contribution in [0.2, 0.25) is 0 Å². The topological polar surface area (TPSA) is 26.0 Å². The standard InChI is InChI=1S/C10H19N/c1-7(11)10-5-8-3-2-4-9(8)6-10/h7-10H,2-6,11H2,1H3. The minimum Gasteiger partial charge on any atom is -0.328 e. The van der Waals surface area contributed by atoms with Gasteiger partial charge in [0.2, 0.25) is 0 Å². The molecule has 1 heteroatoms. The van der Waals surface area contributed by atoms with E-state index in [9.17, 15) is 0 Å². The van der Waals surface area contributed by atoms with E-state index in [0.29, 0.717) is 6.04 Å². The molecule has 0 amide bonds. The summed E-state index contributed by atoms with van der Waals surface area (Å²) < 4.78 is 0. The van der Waals surface area contributed by atoms with E-state index >= 15 is 0 Å². The second-order valence-corrected chi connectivity index (χ2v) is 4.54. The summed E-state index contributed by atoms with van der Waals surface area (Å²) in [5.74, 6) is 2.97. The smallest absolute Gasteiger partial charge is 0.00389 e. The van der Waals surface area contributed by atoms with Crippen LogP contribution in [0, 0.1) is 17.8 Å². The van der Waals surface area contributed by atoms with E-state index < -0.39 is 0 Å². The summed E-state index contributed by atoms with van der Waals surface area (Å²) in [6.45, 7) is 2.17. The van der Waals surface area contributed by atoms with Crippen LogP contribution < -0.4 is 5.73 Å². The maximum atomic E-state index is 5.90. The van der Waals surface area contributed by atoms with Gasteiger partial charge in [-0.15, -0.1) is 0 Å². The summed E-state index contributed by atoms with van der Waals surface area (Å²) in [5.41, 5.74) is 5.90. The van der Waals surface area contributed by atoms with E-state index in [-0.39, 0.29) is 0 Å². The van der Waals surface area contributed by atoms with Crippen molar-refractivity contribution < 1.29 is 0 Å². The number of nitrogens with two attached hydrogens (primary N) is 1. The van der Waals surface area contributed by atoms with Gasteiger partial charge in [-0.1, -0.05) is 19.3 Å². The summed E-state index contributed by atoms with van der Waals surface area (Å²) in [6, 6.07) is 0.445. The lowest BCUT2D eigenvalue weighted by Crippen LogP contribution is -2.24. The second kappa shape index (κ2) is 2.78. The first-order valence-corrected chi connectivity index (χ1v) is 5.03. The molecule has 2 aliphatic carbocycles. The maximum absolute atomic E-state index is 5.90. The highest BCUT2D eigenvalue weighted by Crippen LogP contribution is 2.47. The lowest BCUT2D eigenvalue weighted by molar-refractivity contribution is 0.420. The highest BCUT2D eigenvalue weighted by molar-refractivity contribution is 4.90. The molecule has 0 aliphatic heterocycles. The third kappa shape index (κ3) is 1.31. The molecule has 0 saturated heterocycles. The van der Waals surface area contributed by atoms with Gasteiger partial charge < -0.3 is 5.73 Å². The molecule has 64 valence electrons. The first-order chi connectivity index (χ1) is 5.27. The molecule has 0 aromatic rings. The zero-order valence-corrected chi connectivity index (χ0v) is 7.42. The second-order valence-electron chi connectivity index (χ2n) is 4.54. The third-order valence-corrected chi connectivity index (χ3v) is 3.77. The normalized spacial score (nSPS) is 45.8. The maximum Gasteiger partial charge on any atom is 0.00389 e. The molecule has 1 nitrogen and oxygen atoms in total. The Bertz CT molecular complexity index is 130. The molecule has 0 aromatic carbocycles. The van der Waals surface area contributed by atoms with Crippen molar-refractivity contribution in [3.8, 4) is 0 Å². The van der Waals surface area contributed by atoms with E-state index in [1.165, 1.54) is 32.1 Å². The summed E-state index contributed by atoms with van der Waals surface area (Å²) in [5, 5.41) is 0. The van der Waals surface area contributed by atoms with Crippen molar-refractivity contribution in [2.45, 2.75) is 45.1 Å². The van der Waals surface area contributed by atoms with E-state index in [1.54, 1.807) is 0 Å². The van der Waals surface area contributed by atoms with Gasteiger partial charge in [0.05, 0.1) is 0 Å². The predicted molar refractivity (Wildman–Crippen MR) is 47.2 cm³/mol. The van der Waals surface area contributed by atoms with E-state index in [1.807, 2.05) is 0 Å². The Labute approximate surface area is 69.4 Å². The molecule has 0 radical (unpaired) electrons. The third-order valence-electron chi connectivity index (χ3n) is 3.77. The fourth-order valence-electron chi connectivity index (χ4n) is 3.04. The van der Waals surface area contributed by atoms with Crippen molar-refractivity contribution in [1.29, 1.82) is 0 Å². The van der Waals surface area contributed by atoms with Gasteiger partial charge >= 0.3 is 0 Å². The fraction of sp³-hybridized carbons (Fsp3) is 1.00. The highest BCUT2D eigenvalue weighted by atomic mass is 14.6. The van der Waals surface area contributed by atoms with Crippen LogP contribution in [-0.2, 0) is 0 Å². The van der Waals surface area contributed by atoms with Crippen molar-refractivity contribution >= 4 is 0 Å². The quantitative estimate of drug-likeness (QED) is 0.614. The molecular weight excluding hydrogens is 134 g/mol. The average Bonchev–Trinajstić information content (AvgIpc) is 2.40. The summed E-state index contributed by atoms with van der Waals surface area (Å²) in [7, 11) is 0. The van der Waals surface area contributed by atoms with Crippen LogP contribution in [0.1, 0.15) is 39.0 Å². The minimum absolute atomic E-state index is 0.445. The van der Waals surface area contributed by atoms with Crippen LogP contribution in [0.15, 0.2) is 0 Å². The molecule has 2 aliphatic rings. The monoisotopic (exact) mass is 153 g/mol. The number of fused-ring (bicyclic) bond motifs is 1. The van der Waals surface area contributed by atoms with Crippen molar-refractivity contribution in [3.63, 3.8) is 0 Å². The lowest BCUT2D eigenvalue weighted by Gasteiger charge is -2.14. The molecule has 2 saturated carbocycles. The molecule has 2 rings (SSSR count). The van der Waals surface area contributed by atoms with Gasteiger partial charge in [0.1, 0.15) is 0 Å². The van der Waals surface area contributed by atoms with E-state index in [2.05, 4.69) is 6.92 Å². The van der Waals surface area contributed by atoms with E-state index in [4.69, 9.17) is 5.73 Å². The Hall–Kier alpha value is -0.0400. The summed E-state index contributed by atoms with van der Waals surface area (Å²) in [6.07, 6.45) is 7.34. The molecule has 0 bridgehead atoms. The zero-order valence-electron chi connectivity index (χ0n) is 7.42. The molecule has 0 spiro atoms. The molecule has 0 heterocycles. The van der Waals surface area contributed by atoms with Crippen LogP contribution in [0.4, 0.5) is 0 Å².